The molecule has 0 spiro atoms. The summed E-state index contributed by atoms with van der Waals surface area (Å²) in [6.45, 7) is 5.21. The maximum Gasteiger partial charge on any atom is 0.304 e. The van der Waals surface area contributed by atoms with Crippen LogP contribution in [0.2, 0.25) is 0 Å². The zero-order chi connectivity index (χ0) is 17.7. The minimum atomic E-state index is -1.00. The number of anilines is 1. The van der Waals surface area contributed by atoms with Gasteiger partial charge in [-0.25, -0.2) is 0 Å². The molecule has 0 aliphatic carbocycles. The van der Waals surface area contributed by atoms with E-state index in [1.807, 2.05) is 31.2 Å². The number of carbonyl (C=O) groups excluding carboxylic acids is 1. The van der Waals surface area contributed by atoms with Gasteiger partial charge in [0, 0.05) is 5.69 Å². The average molecular weight is 327 g/mol. The van der Waals surface area contributed by atoms with E-state index in [0.717, 1.165) is 11.3 Å². The van der Waals surface area contributed by atoms with Crippen LogP contribution < -0.4 is 10.1 Å². The first kappa shape index (κ1) is 17.5. The van der Waals surface area contributed by atoms with Crippen LogP contribution in [0.4, 0.5) is 5.69 Å². The standard InChI is InChI=1S/C19H21NO4/c1-13-4-8-15(9-5-13)24-16-10-6-14(7-11-16)20-18(23)19(2,3)12-17(21)22/h4-11H,12H2,1-3H3,(H,20,23)(H,21,22). The number of carbonyl (C=O) groups is 2. The second-order valence-corrected chi connectivity index (χ2v) is 6.35. The quantitative estimate of drug-likeness (QED) is 0.832. The molecule has 126 valence electrons. The number of amides is 1. The molecule has 24 heavy (non-hydrogen) atoms. The van der Waals surface area contributed by atoms with Crippen molar-refractivity contribution in [1.29, 1.82) is 0 Å². The van der Waals surface area contributed by atoms with Gasteiger partial charge in [-0.1, -0.05) is 31.5 Å². The molecule has 0 saturated heterocycles. The first-order valence-electron chi connectivity index (χ1n) is 7.64. The molecule has 1 amide bonds. The molecule has 2 rings (SSSR count). The van der Waals surface area contributed by atoms with Crippen LogP contribution in [0.3, 0.4) is 0 Å². The van der Waals surface area contributed by atoms with Crippen molar-refractivity contribution in [3.63, 3.8) is 0 Å². The summed E-state index contributed by atoms with van der Waals surface area (Å²) >= 11 is 0. The number of carboxylic acids is 1. The summed E-state index contributed by atoms with van der Waals surface area (Å²) in [5, 5.41) is 11.6. The molecule has 2 N–H and O–H groups in total. The van der Waals surface area contributed by atoms with E-state index in [1.165, 1.54) is 0 Å². The fraction of sp³-hybridized carbons (Fsp3) is 0.263. The molecule has 5 heteroatoms. The highest BCUT2D eigenvalue weighted by molar-refractivity contribution is 5.96. The molecule has 0 aliphatic heterocycles. The van der Waals surface area contributed by atoms with Gasteiger partial charge >= 0.3 is 5.97 Å². The van der Waals surface area contributed by atoms with Crippen LogP contribution in [0, 0.1) is 12.3 Å². The molecule has 0 bridgehead atoms. The second-order valence-electron chi connectivity index (χ2n) is 6.35. The molecule has 0 aliphatic rings. The summed E-state index contributed by atoms with van der Waals surface area (Å²) < 4.78 is 5.72. The predicted molar refractivity (Wildman–Crippen MR) is 92.4 cm³/mol. The summed E-state index contributed by atoms with van der Waals surface area (Å²) in [5.74, 6) is 0.0516. The molecule has 2 aromatic rings. The minimum Gasteiger partial charge on any atom is -0.481 e. The summed E-state index contributed by atoms with van der Waals surface area (Å²) in [7, 11) is 0. The third-order valence-electron chi connectivity index (χ3n) is 3.58. The lowest BCUT2D eigenvalue weighted by Crippen LogP contribution is -2.32. The number of benzene rings is 2. The SMILES string of the molecule is Cc1ccc(Oc2ccc(NC(=O)C(C)(C)CC(=O)O)cc2)cc1. The van der Waals surface area contributed by atoms with Crippen molar-refractivity contribution >= 4 is 17.6 Å². The Morgan fingerprint density at radius 2 is 1.50 bits per heavy atom. The molecule has 0 radical (unpaired) electrons. The van der Waals surface area contributed by atoms with Crippen molar-refractivity contribution in [1.82, 2.24) is 0 Å². The van der Waals surface area contributed by atoms with Crippen LogP contribution in [-0.2, 0) is 9.59 Å². The van der Waals surface area contributed by atoms with Gasteiger partial charge in [0.15, 0.2) is 0 Å². The van der Waals surface area contributed by atoms with Crippen LogP contribution in [-0.4, -0.2) is 17.0 Å². The summed E-state index contributed by atoms with van der Waals surface area (Å²) in [6, 6.07) is 14.7. The highest BCUT2D eigenvalue weighted by atomic mass is 16.5. The molecule has 0 heterocycles. The summed E-state index contributed by atoms with van der Waals surface area (Å²) in [4.78, 5) is 23.0. The molecule has 5 nitrogen and oxygen atoms in total. The molecule has 0 aromatic heterocycles. The first-order valence-corrected chi connectivity index (χ1v) is 7.64. The number of carboxylic acid groups (broad SMARTS) is 1. The largest absolute Gasteiger partial charge is 0.481 e. The number of rotatable bonds is 6. The number of hydrogen-bond acceptors (Lipinski definition) is 3. The third kappa shape index (κ3) is 4.84. The van der Waals surface area contributed by atoms with E-state index in [4.69, 9.17) is 9.84 Å². The zero-order valence-corrected chi connectivity index (χ0v) is 14.0. The predicted octanol–water partition coefficient (Wildman–Crippen LogP) is 4.23. The van der Waals surface area contributed by atoms with Gasteiger partial charge in [-0.05, 0) is 43.3 Å². The van der Waals surface area contributed by atoms with Gasteiger partial charge in [-0.2, -0.15) is 0 Å². The Balaban J connectivity index is 2.00. The van der Waals surface area contributed by atoms with E-state index in [-0.39, 0.29) is 12.3 Å². The molecular weight excluding hydrogens is 306 g/mol. The van der Waals surface area contributed by atoms with Crippen LogP contribution >= 0.6 is 0 Å². The summed E-state index contributed by atoms with van der Waals surface area (Å²) in [6.07, 6.45) is -0.229. The first-order chi connectivity index (χ1) is 11.3. The van der Waals surface area contributed by atoms with Crippen molar-refractivity contribution in [2.24, 2.45) is 5.41 Å². The Morgan fingerprint density at radius 1 is 1.00 bits per heavy atom. The van der Waals surface area contributed by atoms with Gasteiger partial charge in [0.1, 0.15) is 11.5 Å². The Labute approximate surface area is 141 Å². The number of aryl methyl sites for hydroxylation is 1. The Hall–Kier alpha value is -2.82. The maximum atomic E-state index is 12.2. The smallest absolute Gasteiger partial charge is 0.304 e. The molecular formula is C19H21NO4. The normalized spacial score (nSPS) is 11.0. The number of hydrogen-bond donors (Lipinski definition) is 2. The lowest BCUT2D eigenvalue weighted by molar-refractivity contribution is -0.142. The van der Waals surface area contributed by atoms with Gasteiger partial charge in [-0.3, -0.25) is 9.59 Å². The van der Waals surface area contributed by atoms with E-state index in [9.17, 15) is 9.59 Å². The zero-order valence-electron chi connectivity index (χ0n) is 14.0. The minimum absolute atomic E-state index is 0.229. The summed E-state index contributed by atoms with van der Waals surface area (Å²) in [5.41, 5.74) is 0.766. The number of nitrogens with one attached hydrogen (secondary N) is 1. The van der Waals surface area contributed by atoms with Crippen LogP contribution in [0.5, 0.6) is 11.5 Å². The highest BCUT2D eigenvalue weighted by Gasteiger charge is 2.30. The van der Waals surface area contributed by atoms with Crippen molar-refractivity contribution in [2.75, 3.05) is 5.32 Å². The van der Waals surface area contributed by atoms with Gasteiger partial charge in [-0.15, -0.1) is 0 Å². The molecule has 0 saturated carbocycles. The van der Waals surface area contributed by atoms with Crippen molar-refractivity contribution < 1.29 is 19.4 Å². The monoisotopic (exact) mass is 327 g/mol. The fourth-order valence-electron chi connectivity index (χ4n) is 2.11. The van der Waals surface area contributed by atoms with Gasteiger partial charge < -0.3 is 15.2 Å². The lowest BCUT2D eigenvalue weighted by atomic mass is 9.88. The van der Waals surface area contributed by atoms with E-state index < -0.39 is 11.4 Å². The topological polar surface area (TPSA) is 75.6 Å². The van der Waals surface area contributed by atoms with Gasteiger partial charge in [0.2, 0.25) is 5.91 Å². The fourth-order valence-corrected chi connectivity index (χ4v) is 2.11. The third-order valence-corrected chi connectivity index (χ3v) is 3.58. The van der Waals surface area contributed by atoms with E-state index in [0.29, 0.717) is 11.4 Å². The Bertz CT molecular complexity index is 718. The van der Waals surface area contributed by atoms with Crippen LogP contribution in [0.1, 0.15) is 25.8 Å². The van der Waals surface area contributed by atoms with Gasteiger partial charge in [0.05, 0.1) is 11.8 Å². The van der Waals surface area contributed by atoms with E-state index >= 15 is 0 Å². The van der Waals surface area contributed by atoms with Crippen LogP contribution in [0.15, 0.2) is 48.5 Å². The van der Waals surface area contributed by atoms with Gasteiger partial charge in [0.25, 0.3) is 0 Å². The average Bonchev–Trinajstić information content (AvgIpc) is 2.50. The van der Waals surface area contributed by atoms with Crippen molar-refractivity contribution in [2.45, 2.75) is 27.2 Å². The van der Waals surface area contributed by atoms with E-state index in [1.54, 1.807) is 38.1 Å². The Kier molecular flexibility index (Phi) is 5.24. The molecule has 0 atom stereocenters. The molecule has 0 fully saturated rings. The second kappa shape index (κ2) is 7.17. The van der Waals surface area contributed by atoms with Crippen LogP contribution in [0.25, 0.3) is 0 Å². The molecule has 0 unspecified atom stereocenters. The lowest BCUT2D eigenvalue weighted by Gasteiger charge is -2.21. The number of ether oxygens (including phenoxy) is 1. The highest BCUT2D eigenvalue weighted by Crippen LogP contribution is 2.26. The Morgan fingerprint density at radius 3 is 2.00 bits per heavy atom. The van der Waals surface area contributed by atoms with Crippen molar-refractivity contribution in [3.05, 3.63) is 54.1 Å². The van der Waals surface area contributed by atoms with Crippen molar-refractivity contribution in [3.8, 4) is 11.5 Å². The van der Waals surface area contributed by atoms with E-state index in [2.05, 4.69) is 5.32 Å². The molecule has 2 aromatic carbocycles. The number of aliphatic carboxylic acids is 1. The maximum absolute atomic E-state index is 12.2.